The van der Waals surface area contributed by atoms with Gasteiger partial charge < -0.3 is 24.4 Å². The molecule has 50 heavy (non-hydrogen) atoms. The van der Waals surface area contributed by atoms with Crippen LogP contribution < -0.4 is 15.0 Å². The molecule has 3 aromatic rings. The van der Waals surface area contributed by atoms with Gasteiger partial charge in [-0.2, -0.15) is 13.2 Å². The third-order valence-corrected chi connectivity index (χ3v) is 11.5. The third-order valence-electron chi connectivity index (χ3n) is 7.45. The number of carbonyl (C=O) groups is 4. The number of amides is 2. The summed E-state index contributed by atoms with van der Waals surface area (Å²) in [5.41, 5.74) is 1.05. The maximum atomic E-state index is 14.0. The van der Waals surface area contributed by atoms with E-state index in [1.165, 1.54) is 35.5 Å². The number of nitrogens with one attached hydrogen (secondary N) is 1. The Balaban J connectivity index is 1.60. The fourth-order valence-electron chi connectivity index (χ4n) is 5.32. The van der Waals surface area contributed by atoms with Crippen molar-refractivity contribution in [3.8, 4) is 16.2 Å². The summed E-state index contributed by atoms with van der Waals surface area (Å²) in [6.45, 7) is 2.23. The second kappa shape index (κ2) is 16.3. The summed E-state index contributed by atoms with van der Waals surface area (Å²) >= 11 is 4.27. The molecule has 1 fully saturated rings. The highest BCUT2D eigenvalue weighted by Gasteiger charge is 2.46. The van der Waals surface area contributed by atoms with Crippen LogP contribution >= 0.6 is 27.3 Å². The number of anilines is 2. The van der Waals surface area contributed by atoms with E-state index in [4.69, 9.17) is 14.2 Å². The molecule has 1 N–H and O–H groups in total. The van der Waals surface area contributed by atoms with Crippen LogP contribution in [0.5, 0.6) is 5.75 Å². The first-order valence-corrected chi connectivity index (χ1v) is 18.3. The highest BCUT2D eigenvalue weighted by atomic mass is 79.9. The topological polar surface area (TPSA) is 149 Å². The van der Waals surface area contributed by atoms with Crippen LogP contribution in [0.15, 0.2) is 53.0 Å². The van der Waals surface area contributed by atoms with Crippen LogP contribution in [0.3, 0.4) is 0 Å². The number of carbonyl (C=O) groups excluding carboxylic acids is 4. The Morgan fingerprint density at radius 2 is 1.76 bits per heavy atom. The Labute approximate surface area is 298 Å². The van der Waals surface area contributed by atoms with Crippen LogP contribution in [0.1, 0.15) is 41.9 Å². The van der Waals surface area contributed by atoms with Crippen molar-refractivity contribution in [2.45, 2.75) is 44.7 Å². The van der Waals surface area contributed by atoms with Gasteiger partial charge in [-0.25, -0.2) is 22.3 Å². The second-order valence-electron chi connectivity index (χ2n) is 11.0. The monoisotopic (exact) mass is 803 g/mol. The van der Waals surface area contributed by atoms with Gasteiger partial charge in [-0.1, -0.05) is 24.3 Å². The molecule has 0 aliphatic carbocycles. The van der Waals surface area contributed by atoms with Gasteiger partial charge in [-0.15, -0.1) is 11.3 Å². The van der Waals surface area contributed by atoms with E-state index < -0.39 is 52.4 Å². The number of sulfonamides is 1. The molecule has 0 saturated carbocycles. The summed E-state index contributed by atoms with van der Waals surface area (Å²) in [4.78, 5) is 49.7. The van der Waals surface area contributed by atoms with Crippen LogP contribution in [-0.2, 0) is 39.6 Å². The molecule has 18 heteroatoms. The van der Waals surface area contributed by atoms with Gasteiger partial charge in [0.15, 0.2) is 17.2 Å². The average Bonchev–Trinajstić information content (AvgIpc) is 3.39. The molecular weight excluding hydrogens is 771 g/mol. The number of nitrogens with zero attached hydrogens (tertiary/aromatic N) is 2. The van der Waals surface area contributed by atoms with Gasteiger partial charge >= 0.3 is 24.0 Å². The summed E-state index contributed by atoms with van der Waals surface area (Å²) in [5.74, 6) is -4.35. The van der Waals surface area contributed by atoms with Gasteiger partial charge in [0.2, 0.25) is 15.9 Å². The normalized spacial score (nSPS) is 14.1. The first-order chi connectivity index (χ1) is 23.5. The largest absolute Gasteiger partial charge is 0.479 e. The standard InChI is InChI=1S/C32H33BrF3N3O9S2/c1-4-47-25(41)17-48-27-26(33)28(49-29(27)30(42)46-3)21-8-6-10-24(16-21)39(31(43)32(34,35)36)23-11-13-38(14-12-23)50(44,45)18-20-7-5-9-22(15-20)37-19(2)40/h5-10,15-16,23H,4,11-14,17-18H2,1-3H3,(H,37,40). The van der Waals surface area contributed by atoms with E-state index in [-0.39, 0.29) is 59.2 Å². The summed E-state index contributed by atoms with van der Waals surface area (Å²) in [6, 6.07) is 11.0. The zero-order chi connectivity index (χ0) is 36.8. The fraction of sp³-hybridized carbons (Fsp3) is 0.375. The van der Waals surface area contributed by atoms with E-state index in [2.05, 4.69) is 21.2 Å². The zero-order valence-corrected chi connectivity index (χ0v) is 30.3. The number of benzene rings is 2. The van der Waals surface area contributed by atoms with E-state index in [0.717, 1.165) is 18.4 Å². The highest BCUT2D eigenvalue weighted by molar-refractivity contribution is 9.10. The van der Waals surface area contributed by atoms with E-state index in [9.17, 15) is 40.8 Å². The van der Waals surface area contributed by atoms with Gasteiger partial charge in [0.05, 0.1) is 28.8 Å². The summed E-state index contributed by atoms with van der Waals surface area (Å²) < 4.78 is 85.2. The van der Waals surface area contributed by atoms with Crippen LogP contribution in [-0.4, -0.2) is 82.1 Å². The van der Waals surface area contributed by atoms with Crippen molar-refractivity contribution < 1.29 is 55.0 Å². The highest BCUT2D eigenvalue weighted by Crippen LogP contribution is 2.47. The van der Waals surface area contributed by atoms with Gasteiger partial charge in [0.1, 0.15) is 0 Å². The van der Waals surface area contributed by atoms with E-state index in [1.807, 2.05) is 0 Å². The quantitative estimate of drug-likeness (QED) is 0.226. The van der Waals surface area contributed by atoms with Crippen LogP contribution in [0.25, 0.3) is 10.4 Å². The number of ether oxygens (including phenoxy) is 3. The molecule has 0 bridgehead atoms. The molecule has 0 unspecified atom stereocenters. The average molecular weight is 805 g/mol. The van der Waals surface area contributed by atoms with Crippen LogP contribution in [0.2, 0.25) is 0 Å². The number of alkyl halides is 3. The Morgan fingerprint density at radius 1 is 1.08 bits per heavy atom. The van der Waals surface area contributed by atoms with Crippen molar-refractivity contribution in [2.24, 2.45) is 0 Å². The molecule has 12 nitrogen and oxygen atoms in total. The first-order valence-electron chi connectivity index (χ1n) is 15.1. The van der Waals surface area contributed by atoms with Crippen molar-refractivity contribution in [1.82, 2.24) is 4.31 Å². The number of thiophene rings is 1. The van der Waals surface area contributed by atoms with Crippen LogP contribution in [0, 0.1) is 0 Å². The van der Waals surface area contributed by atoms with Crippen molar-refractivity contribution >= 4 is 72.4 Å². The summed E-state index contributed by atoms with van der Waals surface area (Å²) in [5, 5.41) is 2.59. The molecule has 0 spiro atoms. The second-order valence-corrected chi connectivity index (χ2v) is 14.8. The lowest BCUT2D eigenvalue weighted by molar-refractivity contribution is -0.171. The molecule has 1 aromatic heterocycles. The lowest BCUT2D eigenvalue weighted by atomic mass is 10.0. The third kappa shape index (κ3) is 9.41. The Bertz CT molecular complexity index is 1860. The molecule has 0 atom stereocenters. The molecule has 4 rings (SSSR count). The molecule has 2 aromatic carbocycles. The van der Waals surface area contributed by atoms with Gasteiger partial charge in [-0.05, 0) is 71.1 Å². The Kier molecular flexibility index (Phi) is 12.7. The molecule has 1 aliphatic rings. The van der Waals surface area contributed by atoms with Crippen LogP contribution in [0.4, 0.5) is 24.5 Å². The SMILES string of the molecule is CCOC(=O)COc1c(C(=O)OC)sc(-c2cccc(N(C(=O)C(F)(F)F)C3CCN(S(=O)(=O)Cc4cccc(NC(C)=O)c4)CC3)c2)c1Br. The Morgan fingerprint density at radius 3 is 2.38 bits per heavy atom. The number of rotatable bonds is 12. The predicted molar refractivity (Wildman–Crippen MR) is 182 cm³/mol. The lowest BCUT2D eigenvalue weighted by Crippen LogP contribution is -2.52. The number of piperidine rings is 1. The molecular formula is C32H33BrF3N3O9S2. The van der Waals surface area contributed by atoms with Crippen molar-refractivity contribution in [3.05, 3.63) is 63.4 Å². The molecule has 1 aliphatic heterocycles. The van der Waals surface area contributed by atoms with Crippen molar-refractivity contribution in [2.75, 3.05) is 43.6 Å². The first kappa shape index (κ1) is 38.8. The van der Waals surface area contributed by atoms with Gasteiger partial charge in [0, 0.05) is 37.4 Å². The molecule has 2 heterocycles. The number of esters is 2. The number of hydrogen-bond acceptors (Lipinski definition) is 10. The molecule has 270 valence electrons. The predicted octanol–water partition coefficient (Wildman–Crippen LogP) is 5.75. The van der Waals surface area contributed by atoms with Crippen molar-refractivity contribution in [3.63, 3.8) is 0 Å². The summed E-state index contributed by atoms with van der Waals surface area (Å²) in [7, 11) is -2.76. The number of methoxy groups -OCH3 is 1. The minimum absolute atomic E-state index is 0.0253. The molecule has 1 saturated heterocycles. The minimum atomic E-state index is -5.24. The maximum Gasteiger partial charge on any atom is 0.471 e. The summed E-state index contributed by atoms with van der Waals surface area (Å²) in [6.07, 6.45) is -5.41. The lowest BCUT2D eigenvalue weighted by Gasteiger charge is -2.38. The minimum Gasteiger partial charge on any atom is -0.479 e. The van der Waals surface area contributed by atoms with Crippen molar-refractivity contribution in [1.29, 1.82) is 0 Å². The van der Waals surface area contributed by atoms with E-state index in [1.54, 1.807) is 31.2 Å². The molecule has 0 radical (unpaired) electrons. The van der Waals surface area contributed by atoms with Gasteiger partial charge in [-0.3, -0.25) is 9.59 Å². The molecule has 2 amide bonds. The number of halogens is 4. The van der Waals surface area contributed by atoms with E-state index >= 15 is 0 Å². The maximum absolute atomic E-state index is 14.0. The van der Waals surface area contributed by atoms with E-state index in [0.29, 0.717) is 26.6 Å². The van der Waals surface area contributed by atoms with Gasteiger partial charge in [0.25, 0.3) is 0 Å². The smallest absolute Gasteiger partial charge is 0.471 e. The Hall–Kier alpha value is -4.00. The number of hydrogen-bond donors (Lipinski definition) is 1. The fourth-order valence-corrected chi connectivity index (χ4v) is 8.84. The zero-order valence-electron chi connectivity index (χ0n) is 27.0.